The molecule has 2 aromatic rings. The Kier molecular flexibility index (Phi) is 3.68. The predicted molar refractivity (Wildman–Crippen MR) is 86.0 cm³/mol. The molecule has 1 aromatic carbocycles. The van der Waals surface area contributed by atoms with Crippen LogP contribution in [-0.2, 0) is 13.0 Å². The first-order valence-electron chi connectivity index (χ1n) is 7.10. The molecule has 1 aromatic heterocycles. The summed E-state index contributed by atoms with van der Waals surface area (Å²) in [6, 6.07) is 6.09. The predicted octanol–water partition coefficient (Wildman–Crippen LogP) is 3.00. The Bertz CT molecular complexity index is 693. The lowest BCUT2D eigenvalue weighted by Gasteiger charge is -2.25. The lowest BCUT2D eigenvalue weighted by atomic mass is 9.99. The highest BCUT2D eigenvalue weighted by Crippen LogP contribution is 2.23. The fourth-order valence-corrected chi connectivity index (χ4v) is 3.50. The summed E-state index contributed by atoms with van der Waals surface area (Å²) >= 11 is 1.71. The van der Waals surface area contributed by atoms with Crippen molar-refractivity contribution in [3.8, 4) is 0 Å². The van der Waals surface area contributed by atoms with Gasteiger partial charge in [0.05, 0.1) is 17.2 Å². The number of hydrogen-bond donors (Lipinski definition) is 1. The van der Waals surface area contributed by atoms with Gasteiger partial charge in [-0.05, 0) is 38.0 Å². The average molecular weight is 301 g/mol. The third-order valence-corrected chi connectivity index (χ3v) is 4.93. The van der Waals surface area contributed by atoms with Crippen molar-refractivity contribution in [1.82, 2.24) is 9.88 Å². The van der Waals surface area contributed by atoms with Crippen LogP contribution in [-0.4, -0.2) is 29.4 Å². The minimum Gasteiger partial charge on any atom is -0.380 e. The number of benzene rings is 1. The molecule has 0 radical (unpaired) electrons. The number of rotatable bonds is 3. The molecule has 1 N–H and O–H groups in total. The van der Waals surface area contributed by atoms with E-state index in [0.717, 1.165) is 47.0 Å². The van der Waals surface area contributed by atoms with Crippen LogP contribution in [0.25, 0.3) is 0 Å². The van der Waals surface area contributed by atoms with Crippen LogP contribution in [0.15, 0.2) is 18.2 Å². The van der Waals surface area contributed by atoms with Gasteiger partial charge in [0.15, 0.2) is 0 Å². The Morgan fingerprint density at radius 1 is 1.38 bits per heavy atom. The number of carbonyl (C=O) groups excluding carboxylic acids is 1. The monoisotopic (exact) mass is 301 g/mol. The van der Waals surface area contributed by atoms with Crippen molar-refractivity contribution in [2.75, 3.05) is 18.9 Å². The van der Waals surface area contributed by atoms with E-state index in [1.807, 2.05) is 27.0 Å². The topological polar surface area (TPSA) is 45.2 Å². The van der Waals surface area contributed by atoms with E-state index in [4.69, 9.17) is 0 Å². The number of nitrogens with zero attached hydrogens (tertiary/aromatic N) is 2. The van der Waals surface area contributed by atoms with Gasteiger partial charge in [-0.15, -0.1) is 11.3 Å². The summed E-state index contributed by atoms with van der Waals surface area (Å²) in [6.45, 7) is 5.61. The smallest absolute Gasteiger partial charge is 0.253 e. The molecule has 0 spiro atoms. The van der Waals surface area contributed by atoms with Crippen molar-refractivity contribution in [3.63, 3.8) is 0 Å². The van der Waals surface area contributed by atoms with E-state index in [1.54, 1.807) is 16.2 Å². The minimum absolute atomic E-state index is 0.115. The number of hydrogen-bond acceptors (Lipinski definition) is 4. The molecule has 3 rings (SSSR count). The molecule has 0 fully saturated rings. The van der Waals surface area contributed by atoms with Gasteiger partial charge in [0.25, 0.3) is 5.91 Å². The molecule has 2 heterocycles. The van der Waals surface area contributed by atoms with Crippen LogP contribution in [0.4, 0.5) is 5.69 Å². The first-order chi connectivity index (χ1) is 10.0. The second-order valence-electron chi connectivity index (χ2n) is 5.44. The van der Waals surface area contributed by atoms with Crippen LogP contribution in [0.1, 0.15) is 31.5 Å². The Morgan fingerprint density at radius 2 is 2.19 bits per heavy atom. The highest BCUT2D eigenvalue weighted by atomic mass is 32.1. The summed E-state index contributed by atoms with van der Waals surface area (Å²) in [5.41, 5.74) is 4.04. The number of amides is 1. The van der Waals surface area contributed by atoms with Gasteiger partial charge in [0.2, 0.25) is 0 Å². The molecule has 0 aliphatic carbocycles. The molecular formula is C16H19N3OS. The van der Waals surface area contributed by atoms with Crippen molar-refractivity contribution in [2.24, 2.45) is 0 Å². The highest BCUT2D eigenvalue weighted by molar-refractivity contribution is 7.11. The van der Waals surface area contributed by atoms with E-state index in [0.29, 0.717) is 0 Å². The van der Waals surface area contributed by atoms with E-state index >= 15 is 0 Å². The number of anilines is 1. The normalized spacial score (nSPS) is 14.2. The maximum atomic E-state index is 12.2. The lowest BCUT2D eigenvalue weighted by molar-refractivity contribution is 0.0781. The van der Waals surface area contributed by atoms with Crippen LogP contribution in [0, 0.1) is 13.8 Å². The Hall–Kier alpha value is -1.88. The van der Waals surface area contributed by atoms with E-state index < -0.39 is 0 Å². The Labute approximate surface area is 128 Å². The third kappa shape index (κ3) is 2.78. The largest absolute Gasteiger partial charge is 0.380 e. The van der Waals surface area contributed by atoms with Gasteiger partial charge in [-0.25, -0.2) is 4.98 Å². The van der Waals surface area contributed by atoms with Gasteiger partial charge in [0.1, 0.15) is 0 Å². The first kappa shape index (κ1) is 14.1. The van der Waals surface area contributed by atoms with Gasteiger partial charge in [-0.2, -0.15) is 0 Å². The molecular weight excluding hydrogens is 282 g/mol. The number of aromatic nitrogens is 1. The van der Waals surface area contributed by atoms with Gasteiger partial charge in [0, 0.05) is 29.7 Å². The summed E-state index contributed by atoms with van der Waals surface area (Å²) in [4.78, 5) is 19.6. The summed E-state index contributed by atoms with van der Waals surface area (Å²) in [5.74, 6) is 0.115. The van der Waals surface area contributed by atoms with Crippen LogP contribution in [0.2, 0.25) is 0 Å². The minimum atomic E-state index is 0.115. The molecule has 4 nitrogen and oxygen atoms in total. The second-order valence-corrected chi connectivity index (χ2v) is 6.73. The van der Waals surface area contributed by atoms with E-state index in [1.165, 1.54) is 4.88 Å². The average Bonchev–Trinajstić information content (AvgIpc) is 2.79. The number of nitrogens with one attached hydrogen (secondary N) is 1. The van der Waals surface area contributed by atoms with E-state index in [9.17, 15) is 4.79 Å². The SMILES string of the molecule is Cc1nc(C)c(CNc2ccc3c(c2)C(=O)N(C)CC3)s1. The van der Waals surface area contributed by atoms with Gasteiger partial charge in [-0.1, -0.05) is 6.07 Å². The molecule has 0 bridgehead atoms. The van der Waals surface area contributed by atoms with Crippen molar-refractivity contribution >= 4 is 22.9 Å². The zero-order valence-electron chi connectivity index (χ0n) is 12.6. The number of aryl methyl sites for hydroxylation is 2. The fourth-order valence-electron chi connectivity index (χ4n) is 2.62. The molecule has 0 unspecified atom stereocenters. The van der Waals surface area contributed by atoms with Gasteiger partial charge < -0.3 is 10.2 Å². The molecule has 1 amide bonds. The highest BCUT2D eigenvalue weighted by Gasteiger charge is 2.21. The van der Waals surface area contributed by atoms with Gasteiger partial charge in [-0.3, -0.25) is 4.79 Å². The van der Waals surface area contributed by atoms with Crippen LogP contribution >= 0.6 is 11.3 Å². The number of thiazole rings is 1. The van der Waals surface area contributed by atoms with Crippen molar-refractivity contribution in [1.29, 1.82) is 0 Å². The standard InChI is InChI=1S/C16H19N3OS/c1-10-15(21-11(2)18-10)9-17-13-5-4-12-6-7-19(3)16(20)14(12)8-13/h4-5,8,17H,6-7,9H2,1-3H3. The fraction of sp³-hybridized carbons (Fsp3) is 0.375. The molecule has 0 atom stereocenters. The zero-order chi connectivity index (χ0) is 15.0. The van der Waals surface area contributed by atoms with Crippen LogP contribution in [0.5, 0.6) is 0 Å². The van der Waals surface area contributed by atoms with Gasteiger partial charge >= 0.3 is 0 Å². The second kappa shape index (κ2) is 5.48. The van der Waals surface area contributed by atoms with Crippen molar-refractivity contribution < 1.29 is 4.79 Å². The Balaban J connectivity index is 1.78. The molecule has 0 saturated heterocycles. The zero-order valence-corrected chi connectivity index (χ0v) is 13.4. The number of carbonyl (C=O) groups is 1. The molecule has 5 heteroatoms. The third-order valence-electron chi connectivity index (χ3n) is 3.86. The summed E-state index contributed by atoms with van der Waals surface area (Å²) in [5, 5.41) is 4.49. The maximum Gasteiger partial charge on any atom is 0.253 e. The van der Waals surface area contributed by atoms with E-state index in [-0.39, 0.29) is 5.91 Å². The quantitative estimate of drug-likeness (QED) is 0.948. The summed E-state index contributed by atoms with van der Waals surface area (Å²) in [6.07, 6.45) is 0.936. The number of likely N-dealkylation sites (N-methyl/N-ethyl adjacent to an activating group) is 1. The van der Waals surface area contributed by atoms with E-state index in [2.05, 4.69) is 22.4 Å². The first-order valence-corrected chi connectivity index (χ1v) is 7.91. The molecule has 21 heavy (non-hydrogen) atoms. The maximum absolute atomic E-state index is 12.2. The van der Waals surface area contributed by atoms with Crippen molar-refractivity contribution in [3.05, 3.63) is 44.9 Å². The van der Waals surface area contributed by atoms with Crippen LogP contribution in [0.3, 0.4) is 0 Å². The molecule has 0 saturated carbocycles. The molecule has 1 aliphatic heterocycles. The number of fused-ring (bicyclic) bond motifs is 1. The van der Waals surface area contributed by atoms with Crippen LogP contribution < -0.4 is 5.32 Å². The summed E-state index contributed by atoms with van der Waals surface area (Å²) in [7, 11) is 1.86. The molecule has 110 valence electrons. The lowest BCUT2D eigenvalue weighted by Crippen LogP contribution is -2.34. The molecule has 1 aliphatic rings. The van der Waals surface area contributed by atoms with Crippen molar-refractivity contribution in [2.45, 2.75) is 26.8 Å². The summed E-state index contributed by atoms with van der Waals surface area (Å²) < 4.78 is 0. The Morgan fingerprint density at radius 3 is 2.90 bits per heavy atom.